The summed E-state index contributed by atoms with van der Waals surface area (Å²) < 4.78 is 6.65. The maximum Gasteiger partial charge on any atom is 0.274 e. The second-order valence-corrected chi connectivity index (χ2v) is 5.94. The topological polar surface area (TPSA) is 113 Å². The molecule has 3 heterocycles. The van der Waals surface area contributed by atoms with Crippen LogP contribution in [0.2, 0.25) is 0 Å². The summed E-state index contributed by atoms with van der Waals surface area (Å²) in [5, 5.41) is 15.9. The minimum Gasteiger partial charge on any atom is -0.466 e. The number of nitrogens with zero attached hydrogens (tertiary/aromatic N) is 2. The van der Waals surface area contributed by atoms with Crippen LogP contribution in [-0.4, -0.2) is 32.3 Å². The molecule has 8 heteroatoms. The Balaban J connectivity index is 1.91. The fourth-order valence-corrected chi connectivity index (χ4v) is 2.58. The number of aromatic nitrogens is 3. The lowest BCUT2D eigenvalue weighted by molar-refractivity contribution is 0.0330. The Bertz CT molecular complexity index is 951. The summed E-state index contributed by atoms with van der Waals surface area (Å²) >= 11 is 0. The van der Waals surface area contributed by atoms with Gasteiger partial charge in [-0.3, -0.25) is 19.4 Å². The van der Waals surface area contributed by atoms with Gasteiger partial charge in [0.1, 0.15) is 11.4 Å². The van der Waals surface area contributed by atoms with Crippen molar-refractivity contribution >= 4 is 16.9 Å². The molecule has 0 aliphatic rings. The van der Waals surface area contributed by atoms with E-state index in [1.54, 1.807) is 32.2 Å². The third-order valence-corrected chi connectivity index (χ3v) is 3.83. The molecule has 0 aliphatic carbocycles. The Morgan fingerprint density at radius 2 is 2.29 bits per heavy atom. The van der Waals surface area contributed by atoms with Crippen LogP contribution < -0.4 is 10.9 Å². The molecule has 24 heavy (non-hydrogen) atoms. The van der Waals surface area contributed by atoms with Gasteiger partial charge in [0, 0.05) is 12.7 Å². The van der Waals surface area contributed by atoms with E-state index in [2.05, 4.69) is 15.4 Å². The maximum absolute atomic E-state index is 12.5. The lowest BCUT2D eigenvalue weighted by Crippen LogP contribution is -2.38. The number of H-pyrrole nitrogens is 1. The average molecular weight is 330 g/mol. The number of aryl methyl sites for hydroxylation is 2. The highest BCUT2D eigenvalue weighted by atomic mass is 16.4. The first kappa shape index (κ1) is 16.0. The maximum atomic E-state index is 12.5. The van der Waals surface area contributed by atoms with E-state index in [0.29, 0.717) is 17.1 Å². The second-order valence-electron chi connectivity index (χ2n) is 5.94. The highest BCUT2D eigenvalue weighted by Crippen LogP contribution is 2.20. The van der Waals surface area contributed by atoms with Crippen LogP contribution in [0.25, 0.3) is 11.0 Å². The third-order valence-electron chi connectivity index (χ3n) is 3.83. The van der Waals surface area contributed by atoms with Crippen molar-refractivity contribution in [1.29, 1.82) is 0 Å². The van der Waals surface area contributed by atoms with Gasteiger partial charge in [-0.2, -0.15) is 0 Å². The van der Waals surface area contributed by atoms with Gasteiger partial charge in [0.15, 0.2) is 5.65 Å². The molecule has 3 rings (SSSR count). The molecule has 3 N–H and O–H groups in total. The zero-order valence-corrected chi connectivity index (χ0v) is 13.6. The quantitative estimate of drug-likeness (QED) is 0.655. The highest BCUT2D eigenvalue weighted by Gasteiger charge is 2.27. The number of nitrogens with one attached hydrogen (secondary N) is 2. The smallest absolute Gasteiger partial charge is 0.274 e. The molecule has 0 bridgehead atoms. The minimum atomic E-state index is -1.36. The Hall–Kier alpha value is -2.87. The molecule has 0 radical (unpaired) electrons. The van der Waals surface area contributed by atoms with Gasteiger partial charge in [-0.05, 0) is 32.0 Å². The zero-order valence-electron chi connectivity index (χ0n) is 13.6. The van der Waals surface area contributed by atoms with Crippen molar-refractivity contribution in [3.63, 3.8) is 0 Å². The average Bonchev–Trinajstić information content (AvgIpc) is 3.14. The number of aromatic amines is 1. The van der Waals surface area contributed by atoms with Gasteiger partial charge in [-0.15, -0.1) is 0 Å². The van der Waals surface area contributed by atoms with E-state index in [9.17, 15) is 14.7 Å². The molecular formula is C16H18N4O4. The van der Waals surface area contributed by atoms with E-state index in [1.807, 2.05) is 0 Å². The van der Waals surface area contributed by atoms with E-state index < -0.39 is 11.5 Å². The zero-order chi connectivity index (χ0) is 17.5. The summed E-state index contributed by atoms with van der Waals surface area (Å²) in [6.07, 6.45) is 1.45. The van der Waals surface area contributed by atoms with Crippen LogP contribution in [0.1, 0.15) is 28.7 Å². The van der Waals surface area contributed by atoms with Gasteiger partial charge in [-0.25, -0.2) is 4.98 Å². The molecule has 3 aromatic heterocycles. The van der Waals surface area contributed by atoms with Crippen molar-refractivity contribution < 1.29 is 14.3 Å². The number of amides is 1. The predicted molar refractivity (Wildman–Crippen MR) is 86.7 cm³/mol. The molecule has 1 unspecified atom stereocenters. The Morgan fingerprint density at radius 3 is 2.96 bits per heavy atom. The monoisotopic (exact) mass is 330 g/mol. The van der Waals surface area contributed by atoms with Crippen molar-refractivity contribution in [3.8, 4) is 0 Å². The first-order valence-corrected chi connectivity index (χ1v) is 7.40. The highest BCUT2D eigenvalue weighted by molar-refractivity contribution is 6.05. The normalized spacial score (nSPS) is 13.8. The molecule has 0 aromatic carbocycles. The third kappa shape index (κ3) is 2.71. The molecule has 0 aliphatic heterocycles. The van der Waals surface area contributed by atoms with Gasteiger partial charge < -0.3 is 14.8 Å². The molecule has 0 fully saturated rings. The van der Waals surface area contributed by atoms with E-state index >= 15 is 0 Å². The number of hydrogen-bond donors (Lipinski definition) is 3. The number of hydrogen-bond acceptors (Lipinski definition) is 5. The number of carbonyl (C=O) groups excluding carboxylic acids is 1. The molecule has 8 nitrogen and oxygen atoms in total. The summed E-state index contributed by atoms with van der Waals surface area (Å²) in [4.78, 5) is 28.9. The van der Waals surface area contributed by atoms with E-state index in [-0.39, 0.29) is 23.1 Å². The number of furan rings is 1. The van der Waals surface area contributed by atoms with E-state index in [4.69, 9.17) is 4.42 Å². The number of pyridine rings is 1. The summed E-state index contributed by atoms with van der Waals surface area (Å²) in [6.45, 7) is 3.22. The molecule has 0 saturated heterocycles. The number of aliphatic hydroxyl groups is 1. The van der Waals surface area contributed by atoms with E-state index in [1.165, 1.54) is 17.9 Å². The van der Waals surface area contributed by atoms with Gasteiger partial charge >= 0.3 is 0 Å². The predicted octanol–water partition coefficient (Wildman–Crippen LogP) is 0.801. The van der Waals surface area contributed by atoms with Crippen LogP contribution >= 0.6 is 0 Å². The lowest BCUT2D eigenvalue weighted by atomic mass is 10.0. The van der Waals surface area contributed by atoms with Crippen molar-refractivity contribution in [2.24, 2.45) is 7.05 Å². The first-order chi connectivity index (χ1) is 11.3. The second kappa shape index (κ2) is 5.64. The van der Waals surface area contributed by atoms with Crippen LogP contribution in [0, 0.1) is 6.92 Å². The molecule has 1 amide bonds. The Labute approximate surface area is 137 Å². The Kier molecular flexibility index (Phi) is 3.76. The summed E-state index contributed by atoms with van der Waals surface area (Å²) in [5.41, 5.74) is -0.510. The first-order valence-electron chi connectivity index (χ1n) is 7.40. The van der Waals surface area contributed by atoms with Gasteiger partial charge in [0.2, 0.25) is 0 Å². The molecule has 1 atom stereocenters. The molecule has 0 saturated carbocycles. The summed E-state index contributed by atoms with van der Waals surface area (Å²) in [7, 11) is 1.65. The summed E-state index contributed by atoms with van der Waals surface area (Å²) in [6, 6.07) is 4.84. The van der Waals surface area contributed by atoms with Crippen LogP contribution in [0.3, 0.4) is 0 Å². The van der Waals surface area contributed by atoms with Crippen LogP contribution in [0.4, 0.5) is 0 Å². The van der Waals surface area contributed by atoms with E-state index in [0.717, 1.165) is 0 Å². The van der Waals surface area contributed by atoms with Gasteiger partial charge in [0.05, 0.1) is 23.8 Å². The number of rotatable bonds is 4. The standard InChI is InChI=1S/C16H18N4O4/c1-9-7-10(12-13(18-9)20(3)19-15(12)22)14(21)17-8-16(2,23)11-5-4-6-24-11/h4-7,23H,8H2,1-3H3,(H,17,21)(H,19,22). The fraction of sp³-hybridized carbons (Fsp3) is 0.312. The molecular weight excluding hydrogens is 312 g/mol. The minimum absolute atomic E-state index is 0.0626. The van der Waals surface area contributed by atoms with Gasteiger partial charge in [-0.1, -0.05) is 0 Å². The number of fused-ring (bicyclic) bond motifs is 1. The molecule has 126 valence electrons. The van der Waals surface area contributed by atoms with Crippen LogP contribution in [0.5, 0.6) is 0 Å². The fourth-order valence-electron chi connectivity index (χ4n) is 2.58. The van der Waals surface area contributed by atoms with Crippen LogP contribution in [-0.2, 0) is 12.6 Å². The van der Waals surface area contributed by atoms with Crippen molar-refractivity contribution in [1.82, 2.24) is 20.1 Å². The summed E-state index contributed by atoms with van der Waals surface area (Å²) in [5.74, 6) is -0.120. The molecule has 3 aromatic rings. The number of carbonyl (C=O) groups is 1. The molecule has 0 spiro atoms. The van der Waals surface area contributed by atoms with Crippen molar-refractivity contribution in [3.05, 3.63) is 51.8 Å². The van der Waals surface area contributed by atoms with Crippen molar-refractivity contribution in [2.75, 3.05) is 6.54 Å². The van der Waals surface area contributed by atoms with Crippen LogP contribution in [0.15, 0.2) is 33.7 Å². The van der Waals surface area contributed by atoms with Gasteiger partial charge in [0.25, 0.3) is 11.5 Å². The lowest BCUT2D eigenvalue weighted by Gasteiger charge is -2.21. The largest absolute Gasteiger partial charge is 0.466 e. The SMILES string of the molecule is Cc1cc(C(=O)NCC(C)(O)c2ccco2)c2c(=O)[nH]n(C)c2n1. The van der Waals surface area contributed by atoms with Crippen molar-refractivity contribution in [2.45, 2.75) is 19.4 Å². The Morgan fingerprint density at radius 1 is 1.54 bits per heavy atom.